The van der Waals surface area contributed by atoms with E-state index in [4.69, 9.17) is 9.47 Å². The molecule has 102 valence electrons. The first kappa shape index (κ1) is 13.9. The standard InChI is InChI=1S/C15H18O3S/c1-15(16,12-6-7-19-10-12)9-11-4-5-13(17-2)14(8-11)18-3/h4-8,10,16H,9H2,1-3H3. The van der Waals surface area contributed by atoms with Gasteiger partial charge in [-0.2, -0.15) is 11.3 Å². The maximum atomic E-state index is 10.6. The fraction of sp³-hybridized carbons (Fsp3) is 0.333. The number of hydrogen-bond acceptors (Lipinski definition) is 4. The Morgan fingerprint density at radius 1 is 1.16 bits per heavy atom. The van der Waals surface area contributed by atoms with E-state index in [0.717, 1.165) is 11.1 Å². The average Bonchev–Trinajstić information content (AvgIpc) is 2.93. The molecule has 0 radical (unpaired) electrons. The predicted molar refractivity (Wildman–Crippen MR) is 77.1 cm³/mol. The van der Waals surface area contributed by atoms with Crippen molar-refractivity contribution in [2.75, 3.05) is 14.2 Å². The topological polar surface area (TPSA) is 38.7 Å². The molecular weight excluding hydrogens is 260 g/mol. The SMILES string of the molecule is COc1ccc(CC(C)(O)c2ccsc2)cc1OC. The van der Waals surface area contributed by atoms with E-state index in [0.29, 0.717) is 17.9 Å². The van der Waals surface area contributed by atoms with Crippen LogP contribution < -0.4 is 9.47 Å². The summed E-state index contributed by atoms with van der Waals surface area (Å²) >= 11 is 1.59. The molecule has 0 amide bonds. The summed E-state index contributed by atoms with van der Waals surface area (Å²) in [7, 11) is 3.22. The summed E-state index contributed by atoms with van der Waals surface area (Å²) in [5, 5.41) is 14.5. The zero-order chi connectivity index (χ0) is 13.9. The molecular formula is C15H18O3S. The second-order valence-electron chi connectivity index (χ2n) is 4.65. The Hall–Kier alpha value is -1.52. The van der Waals surface area contributed by atoms with Crippen LogP contribution in [0.25, 0.3) is 0 Å². The minimum Gasteiger partial charge on any atom is -0.493 e. The summed E-state index contributed by atoms with van der Waals surface area (Å²) < 4.78 is 10.5. The molecule has 0 fully saturated rings. The van der Waals surface area contributed by atoms with Gasteiger partial charge >= 0.3 is 0 Å². The molecule has 4 heteroatoms. The number of aliphatic hydroxyl groups is 1. The first-order valence-electron chi connectivity index (χ1n) is 6.03. The lowest BCUT2D eigenvalue weighted by molar-refractivity contribution is 0.0580. The van der Waals surface area contributed by atoms with E-state index in [1.807, 2.05) is 41.9 Å². The van der Waals surface area contributed by atoms with Crippen molar-refractivity contribution in [2.24, 2.45) is 0 Å². The van der Waals surface area contributed by atoms with Crippen LogP contribution in [0.5, 0.6) is 11.5 Å². The van der Waals surface area contributed by atoms with Gasteiger partial charge in [0.05, 0.1) is 19.8 Å². The number of rotatable bonds is 5. The van der Waals surface area contributed by atoms with Crippen LogP contribution in [-0.2, 0) is 12.0 Å². The Kier molecular flexibility index (Phi) is 4.12. The molecule has 0 spiro atoms. The van der Waals surface area contributed by atoms with Crippen molar-refractivity contribution in [1.29, 1.82) is 0 Å². The molecule has 3 nitrogen and oxygen atoms in total. The summed E-state index contributed by atoms with van der Waals surface area (Å²) in [4.78, 5) is 0. The highest BCUT2D eigenvalue weighted by Gasteiger charge is 2.24. The lowest BCUT2D eigenvalue weighted by atomic mass is 9.91. The summed E-state index contributed by atoms with van der Waals surface area (Å²) in [6.07, 6.45) is 0.532. The van der Waals surface area contributed by atoms with Crippen molar-refractivity contribution in [3.8, 4) is 11.5 Å². The van der Waals surface area contributed by atoms with E-state index in [1.165, 1.54) is 0 Å². The van der Waals surface area contributed by atoms with Gasteiger partial charge in [0.1, 0.15) is 0 Å². The fourth-order valence-corrected chi connectivity index (χ4v) is 2.84. The van der Waals surface area contributed by atoms with E-state index in [1.54, 1.807) is 25.6 Å². The second kappa shape index (κ2) is 5.63. The lowest BCUT2D eigenvalue weighted by Crippen LogP contribution is -2.23. The highest BCUT2D eigenvalue weighted by molar-refractivity contribution is 7.08. The molecule has 19 heavy (non-hydrogen) atoms. The van der Waals surface area contributed by atoms with Crippen molar-refractivity contribution >= 4 is 11.3 Å². The first-order valence-corrected chi connectivity index (χ1v) is 6.97. The highest BCUT2D eigenvalue weighted by Crippen LogP contribution is 2.32. The molecule has 0 aliphatic heterocycles. The van der Waals surface area contributed by atoms with Gasteiger partial charge in [-0.15, -0.1) is 0 Å². The molecule has 0 saturated carbocycles. The van der Waals surface area contributed by atoms with Gasteiger partial charge in [-0.25, -0.2) is 0 Å². The molecule has 0 bridgehead atoms. The molecule has 1 heterocycles. The van der Waals surface area contributed by atoms with Crippen LogP contribution in [0, 0.1) is 0 Å². The van der Waals surface area contributed by atoms with Crippen molar-refractivity contribution in [3.05, 3.63) is 46.2 Å². The normalized spacial score (nSPS) is 13.9. The maximum Gasteiger partial charge on any atom is 0.160 e. The van der Waals surface area contributed by atoms with Crippen molar-refractivity contribution < 1.29 is 14.6 Å². The predicted octanol–water partition coefficient (Wildman–Crippen LogP) is 3.22. The third-order valence-corrected chi connectivity index (χ3v) is 3.82. The Labute approximate surface area is 117 Å². The van der Waals surface area contributed by atoms with E-state index in [9.17, 15) is 5.11 Å². The Bertz CT molecular complexity index is 532. The molecule has 0 aliphatic carbocycles. The molecule has 0 saturated heterocycles. The van der Waals surface area contributed by atoms with E-state index in [-0.39, 0.29) is 0 Å². The summed E-state index contributed by atoms with van der Waals surface area (Å²) in [6, 6.07) is 7.66. The first-order chi connectivity index (χ1) is 9.06. The molecule has 1 atom stereocenters. The molecule has 1 aromatic carbocycles. The van der Waals surface area contributed by atoms with Crippen molar-refractivity contribution in [3.63, 3.8) is 0 Å². The second-order valence-corrected chi connectivity index (χ2v) is 5.43. The Morgan fingerprint density at radius 2 is 1.89 bits per heavy atom. The quantitative estimate of drug-likeness (QED) is 0.912. The summed E-state index contributed by atoms with van der Waals surface area (Å²) in [5.74, 6) is 1.38. The van der Waals surface area contributed by atoms with Crippen LogP contribution in [0.4, 0.5) is 0 Å². The largest absolute Gasteiger partial charge is 0.493 e. The van der Waals surface area contributed by atoms with Crippen LogP contribution in [0.15, 0.2) is 35.0 Å². The van der Waals surface area contributed by atoms with Crippen LogP contribution in [0.2, 0.25) is 0 Å². The lowest BCUT2D eigenvalue weighted by Gasteiger charge is -2.23. The van der Waals surface area contributed by atoms with Crippen LogP contribution in [0.1, 0.15) is 18.1 Å². The number of benzene rings is 1. The van der Waals surface area contributed by atoms with Gasteiger partial charge in [-0.1, -0.05) is 6.07 Å². The van der Waals surface area contributed by atoms with Gasteiger partial charge < -0.3 is 14.6 Å². The smallest absolute Gasteiger partial charge is 0.160 e. The zero-order valence-electron chi connectivity index (χ0n) is 11.3. The molecule has 1 unspecified atom stereocenters. The maximum absolute atomic E-state index is 10.6. The van der Waals surface area contributed by atoms with Gasteiger partial charge in [-0.05, 0) is 47.0 Å². The van der Waals surface area contributed by atoms with Crippen molar-refractivity contribution in [1.82, 2.24) is 0 Å². The number of methoxy groups -OCH3 is 2. The van der Waals surface area contributed by atoms with Gasteiger partial charge in [-0.3, -0.25) is 0 Å². The number of hydrogen-bond donors (Lipinski definition) is 1. The van der Waals surface area contributed by atoms with Gasteiger partial charge in [0.25, 0.3) is 0 Å². The molecule has 2 aromatic rings. The summed E-state index contributed by atoms with van der Waals surface area (Å²) in [5.41, 5.74) is 1.07. The van der Waals surface area contributed by atoms with Gasteiger partial charge in [0, 0.05) is 6.42 Å². The Balaban J connectivity index is 2.24. The average molecular weight is 278 g/mol. The fourth-order valence-electron chi connectivity index (χ4n) is 2.06. The zero-order valence-corrected chi connectivity index (χ0v) is 12.2. The molecule has 1 aromatic heterocycles. The third-order valence-electron chi connectivity index (χ3n) is 3.14. The van der Waals surface area contributed by atoms with Crippen LogP contribution in [-0.4, -0.2) is 19.3 Å². The Morgan fingerprint density at radius 3 is 2.47 bits per heavy atom. The minimum atomic E-state index is -0.875. The van der Waals surface area contributed by atoms with Gasteiger partial charge in [0.2, 0.25) is 0 Å². The molecule has 2 rings (SSSR count). The van der Waals surface area contributed by atoms with E-state index < -0.39 is 5.60 Å². The van der Waals surface area contributed by atoms with E-state index >= 15 is 0 Å². The third kappa shape index (κ3) is 3.08. The minimum absolute atomic E-state index is 0.532. The molecule has 1 N–H and O–H groups in total. The van der Waals surface area contributed by atoms with Gasteiger partial charge in [0.15, 0.2) is 11.5 Å². The number of thiophene rings is 1. The monoisotopic (exact) mass is 278 g/mol. The highest BCUT2D eigenvalue weighted by atomic mass is 32.1. The van der Waals surface area contributed by atoms with E-state index in [2.05, 4.69) is 0 Å². The van der Waals surface area contributed by atoms with Crippen LogP contribution >= 0.6 is 11.3 Å². The van der Waals surface area contributed by atoms with Crippen LogP contribution in [0.3, 0.4) is 0 Å². The van der Waals surface area contributed by atoms with Crippen molar-refractivity contribution in [2.45, 2.75) is 18.9 Å². The number of ether oxygens (including phenoxy) is 2. The summed E-state index contributed by atoms with van der Waals surface area (Å²) in [6.45, 7) is 1.83. The molecule has 0 aliphatic rings.